The molecule has 2 aromatic rings. The predicted octanol–water partition coefficient (Wildman–Crippen LogP) is 5.68. The van der Waals surface area contributed by atoms with Gasteiger partial charge in [0.1, 0.15) is 5.01 Å². The Hall–Kier alpha value is -1.13. The van der Waals surface area contributed by atoms with Crippen molar-refractivity contribution < 1.29 is 0 Å². The number of benzene rings is 1. The monoisotopic (exact) mass is 342 g/mol. The maximum atomic E-state index is 4.34. The molecule has 1 aromatic carbocycles. The summed E-state index contributed by atoms with van der Waals surface area (Å²) in [5, 5.41) is 9.70. The van der Waals surface area contributed by atoms with Crippen LogP contribution in [0.3, 0.4) is 0 Å². The van der Waals surface area contributed by atoms with Gasteiger partial charge in [-0.3, -0.25) is 0 Å². The molecule has 120 valence electrons. The molecule has 5 rings (SSSR count). The van der Waals surface area contributed by atoms with E-state index >= 15 is 0 Å². The smallest absolute Gasteiger partial charge is 0.137 e. The SMILES string of the molecule is CC1(C)C2CC=C(CCSc3nnc(-c4ccccc4)s3)C1C2. The quantitative estimate of drug-likeness (QED) is 0.516. The van der Waals surface area contributed by atoms with Gasteiger partial charge in [-0.25, -0.2) is 0 Å². The molecule has 1 aromatic heterocycles. The standard InChI is InChI=1S/C19H22N2S2/c1-19(2)15-9-8-13(16(19)12-15)10-11-22-18-21-20-17(23-18)14-6-4-3-5-7-14/h3-8,15-16H,9-12H2,1-2H3. The van der Waals surface area contributed by atoms with Crippen LogP contribution in [0.5, 0.6) is 0 Å². The Balaban J connectivity index is 1.34. The van der Waals surface area contributed by atoms with Crippen LogP contribution in [0.2, 0.25) is 0 Å². The molecule has 0 N–H and O–H groups in total. The first kappa shape index (κ1) is 15.4. The Morgan fingerprint density at radius 1 is 1.22 bits per heavy atom. The van der Waals surface area contributed by atoms with Crippen molar-refractivity contribution in [2.45, 2.75) is 37.4 Å². The van der Waals surface area contributed by atoms with E-state index in [0.29, 0.717) is 5.41 Å². The number of fused-ring (bicyclic) bond motifs is 1. The summed E-state index contributed by atoms with van der Waals surface area (Å²) in [6, 6.07) is 10.3. The molecule has 4 heteroatoms. The van der Waals surface area contributed by atoms with Crippen molar-refractivity contribution in [2.24, 2.45) is 17.3 Å². The van der Waals surface area contributed by atoms with Gasteiger partial charge >= 0.3 is 0 Å². The van der Waals surface area contributed by atoms with Crippen LogP contribution in [0.4, 0.5) is 0 Å². The molecule has 0 amide bonds. The first-order valence-electron chi connectivity index (χ1n) is 8.35. The van der Waals surface area contributed by atoms with E-state index in [4.69, 9.17) is 0 Å². The molecular weight excluding hydrogens is 320 g/mol. The summed E-state index contributed by atoms with van der Waals surface area (Å²) in [6.07, 6.45) is 6.42. The van der Waals surface area contributed by atoms with Gasteiger partial charge in [-0.05, 0) is 36.5 Å². The lowest BCUT2D eigenvalue weighted by molar-refractivity contribution is -0.00767. The minimum absolute atomic E-state index is 0.540. The van der Waals surface area contributed by atoms with Gasteiger partial charge < -0.3 is 0 Å². The third kappa shape index (κ3) is 2.87. The van der Waals surface area contributed by atoms with Crippen LogP contribution < -0.4 is 0 Å². The number of aromatic nitrogens is 2. The van der Waals surface area contributed by atoms with Crippen LogP contribution in [-0.2, 0) is 0 Å². The number of allylic oxidation sites excluding steroid dienone is 2. The van der Waals surface area contributed by atoms with Crippen molar-refractivity contribution in [3.63, 3.8) is 0 Å². The molecule has 1 saturated carbocycles. The first-order valence-corrected chi connectivity index (χ1v) is 10.2. The van der Waals surface area contributed by atoms with Crippen molar-refractivity contribution in [1.29, 1.82) is 0 Å². The Kier molecular flexibility index (Phi) is 4.06. The van der Waals surface area contributed by atoms with Crippen molar-refractivity contribution in [3.8, 4) is 10.6 Å². The maximum Gasteiger partial charge on any atom is 0.174 e. The summed E-state index contributed by atoms with van der Waals surface area (Å²) in [5.41, 5.74) is 3.39. The molecule has 0 aliphatic heterocycles. The fourth-order valence-corrected chi connectivity index (χ4v) is 5.90. The van der Waals surface area contributed by atoms with E-state index in [1.54, 1.807) is 16.9 Å². The summed E-state index contributed by atoms with van der Waals surface area (Å²) in [6.45, 7) is 4.89. The number of hydrogen-bond donors (Lipinski definition) is 0. The lowest BCUT2D eigenvalue weighted by atomic mass is 9.48. The van der Waals surface area contributed by atoms with E-state index in [9.17, 15) is 0 Å². The second-order valence-corrected chi connectivity index (χ2v) is 9.48. The molecule has 0 spiro atoms. The van der Waals surface area contributed by atoms with E-state index in [2.05, 4.69) is 42.3 Å². The molecule has 3 aliphatic rings. The highest BCUT2D eigenvalue weighted by Crippen LogP contribution is 2.59. The van der Waals surface area contributed by atoms with E-state index in [-0.39, 0.29) is 0 Å². The molecule has 0 radical (unpaired) electrons. The summed E-state index contributed by atoms with van der Waals surface area (Å²) in [5.74, 6) is 2.88. The summed E-state index contributed by atoms with van der Waals surface area (Å²) in [7, 11) is 0. The largest absolute Gasteiger partial charge is 0.174 e. The Bertz CT molecular complexity index is 718. The fraction of sp³-hybridized carbons (Fsp3) is 0.474. The van der Waals surface area contributed by atoms with Crippen LogP contribution >= 0.6 is 23.1 Å². The number of nitrogens with zero attached hydrogens (tertiary/aromatic N) is 2. The van der Waals surface area contributed by atoms with Gasteiger partial charge in [-0.2, -0.15) is 0 Å². The molecule has 1 fully saturated rings. The minimum atomic E-state index is 0.540. The summed E-state index contributed by atoms with van der Waals surface area (Å²) < 4.78 is 1.09. The van der Waals surface area contributed by atoms with E-state index in [1.807, 2.05) is 30.0 Å². The van der Waals surface area contributed by atoms with E-state index in [1.165, 1.54) is 19.3 Å². The Morgan fingerprint density at radius 2 is 2.04 bits per heavy atom. The average molecular weight is 343 g/mol. The number of hydrogen-bond acceptors (Lipinski definition) is 4. The van der Waals surface area contributed by atoms with Crippen LogP contribution in [0.25, 0.3) is 10.6 Å². The summed E-state index contributed by atoms with van der Waals surface area (Å²) in [4.78, 5) is 0. The second kappa shape index (κ2) is 6.06. The highest BCUT2D eigenvalue weighted by molar-refractivity contribution is 8.01. The Labute approximate surface area is 146 Å². The first-order chi connectivity index (χ1) is 11.1. The highest BCUT2D eigenvalue weighted by Gasteiger charge is 2.50. The normalized spacial score (nSPS) is 24.9. The van der Waals surface area contributed by atoms with E-state index < -0.39 is 0 Å². The van der Waals surface area contributed by atoms with E-state index in [0.717, 1.165) is 32.5 Å². The molecule has 2 atom stereocenters. The third-order valence-corrected chi connectivity index (χ3v) is 7.73. The van der Waals surface area contributed by atoms with Gasteiger partial charge in [-0.15, -0.1) is 10.2 Å². The zero-order valence-electron chi connectivity index (χ0n) is 13.7. The van der Waals surface area contributed by atoms with Crippen molar-refractivity contribution in [2.75, 3.05) is 5.75 Å². The van der Waals surface area contributed by atoms with Crippen LogP contribution in [0.1, 0.15) is 33.1 Å². The molecule has 2 unspecified atom stereocenters. The van der Waals surface area contributed by atoms with Crippen LogP contribution in [0.15, 0.2) is 46.3 Å². The Morgan fingerprint density at radius 3 is 2.78 bits per heavy atom. The number of thioether (sulfide) groups is 1. The molecule has 3 aliphatic carbocycles. The van der Waals surface area contributed by atoms with Gasteiger partial charge in [0.05, 0.1) is 0 Å². The van der Waals surface area contributed by atoms with Crippen LogP contribution in [-0.4, -0.2) is 16.0 Å². The van der Waals surface area contributed by atoms with Gasteiger partial charge in [0, 0.05) is 11.3 Å². The molecule has 0 saturated heterocycles. The van der Waals surface area contributed by atoms with Gasteiger partial charge in [-0.1, -0.05) is 78.9 Å². The lowest BCUT2D eigenvalue weighted by Crippen LogP contribution is -2.48. The highest BCUT2D eigenvalue weighted by atomic mass is 32.2. The minimum Gasteiger partial charge on any atom is -0.137 e. The lowest BCUT2D eigenvalue weighted by Gasteiger charge is -2.56. The molecule has 2 bridgehead atoms. The molecular formula is C19H22N2S2. The molecule has 23 heavy (non-hydrogen) atoms. The van der Waals surface area contributed by atoms with Gasteiger partial charge in [0.2, 0.25) is 0 Å². The van der Waals surface area contributed by atoms with Crippen LogP contribution in [0, 0.1) is 17.3 Å². The zero-order chi connectivity index (χ0) is 15.9. The molecule has 2 nitrogen and oxygen atoms in total. The van der Waals surface area contributed by atoms with Crippen molar-refractivity contribution in [3.05, 3.63) is 42.0 Å². The third-order valence-electron chi connectivity index (χ3n) is 5.63. The average Bonchev–Trinajstić information content (AvgIpc) is 3.04. The second-order valence-electron chi connectivity index (χ2n) is 7.16. The maximum absolute atomic E-state index is 4.34. The number of rotatable bonds is 5. The zero-order valence-corrected chi connectivity index (χ0v) is 15.3. The predicted molar refractivity (Wildman–Crippen MR) is 98.8 cm³/mol. The summed E-state index contributed by atoms with van der Waals surface area (Å²) >= 11 is 3.56. The van der Waals surface area contributed by atoms with Crippen molar-refractivity contribution >= 4 is 23.1 Å². The van der Waals surface area contributed by atoms with Crippen molar-refractivity contribution in [1.82, 2.24) is 10.2 Å². The molecule has 1 heterocycles. The fourth-order valence-electron chi connectivity index (χ4n) is 3.98. The van der Waals surface area contributed by atoms with Gasteiger partial charge in [0.25, 0.3) is 0 Å². The topological polar surface area (TPSA) is 25.8 Å². The van der Waals surface area contributed by atoms with Gasteiger partial charge in [0.15, 0.2) is 4.34 Å².